The van der Waals surface area contributed by atoms with Crippen molar-refractivity contribution in [2.45, 2.75) is 25.4 Å². The second kappa shape index (κ2) is 6.95. The second-order valence-corrected chi connectivity index (χ2v) is 7.18. The van der Waals surface area contributed by atoms with Gasteiger partial charge in [-0.15, -0.1) is 0 Å². The van der Waals surface area contributed by atoms with Gasteiger partial charge >= 0.3 is 5.97 Å². The van der Waals surface area contributed by atoms with Crippen molar-refractivity contribution in [1.82, 2.24) is 5.32 Å². The molecule has 6 heteroatoms. The summed E-state index contributed by atoms with van der Waals surface area (Å²) in [6.45, 7) is 0.605. The zero-order valence-corrected chi connectivity index (χ0v) is 14.8. The zero-order chi connectivity index (χ0) is 18.9. The van der Waals surface area contributed by atoms with Gasteiger partial charge in [-0.3, -0.25) is 9.59 Å². The van der Waals surface area contributed by atoms with Gasteiger partial charge in [0.2, 0.25) is 5.91 Å². The summed E-state index contributed by atoms with van der Waals surface area (Å²) in [5, 5.41) is 12.3. The van der Waals surface area contributed by atoms with Crippen LogP contribution < -0.4 is 14.8 Å². The minimum Gasteiger partial charge on any atom is -0.486 e. The average molecular weight is 367 g/mol. The molecule has 0 spiro atoms. The number of hydrogen-bond donors (Lipinski definition) is 2. The molecule has 140 valence electrons. The van der Waals surface area contributed by atoms with Gasteiger partial charge in [-0.1, -0.05) is 36.4 Å². The number of carbonyl (C=O) groups is 2. The van der Waals surface area contributed by atoms with E-state index in [-0.39, 0.29) is 25.0 Å². The molecule has 1 atom stereocenters. The average Bonchev–Trinajstić information content (AvgIpc) is 3.04. The molecule has 0 saturated heterocycles. The zero-order valence-electron chi connectivity index (χ0n) is 14.8. The summed E-state index contributed by atoms with van der Waals surface area (Å²) in [6.07, 6.45) is 0.367. The molecule has 4 rings (SSSR count). The Balaban J connectivity index is 1.44. The number of aliphatic carboxylic acids is 1. The molecule has 2 aliphatic rings. The van der Waals surface area contributed by atoms with E-state index in [2.05, 4.69) is 5.32 Å². The van der Waals surface area contributed by atoms with E-state index in [0.29, 0.717) is 30.9 Å². The van der Waals surface area contributed by atoms with Gasteiger partial charge in [0, 0.05) is 0 Å². The number of rotatable bonds is 5. The monoisotopic (exact) mass is 367 g/mol. The molecule has 2 aromatic carbocycles. The van der Waals surface area contributed by atoms with Crippen molar-refractivity contribution in [3.63, 3.8) is 0 Å². The van der Waals surface area contributed by atoms with Crippen LogP contribution in [0.15, 0.2) is 48.5 Å². The number of benzene rings is 2. The summed E-state index contributed by atoms with van der Waals surface area (Å²) in [6, 6.07) is 15.1. The molecule has 0 aromatic heterocycles. The fourth-order valence-corrected chi connectivity index (χ4v) is 3.91. The van der Waals surface area contributed by atoms with Gasteiger partial charge in [-0.25, -0.2) is 0 Å². The van der Waals surface area contributed by atoms with Gasteiger partial charge < -0.3 is 19.9 Å². The van der Waals surface area contributed by atoms with Gasteiger partial charge in [0.25, 0.3) is 0 Å². The molecular weight excluding hydrogens is 346 g/mol. The van der Waals surface area contributed by atoms with Crippen LogP contribution in [0.4, 0.5) is 0 Å². The Morgan fingerprint density at radius 2 is 1.67 bits per heavy atom. The Labute approximate surface area is 157 Å². The molecule has 1 aliphatic heterocycles. The van der Waals surface area contributed by atoms with Gasteiger partial charge in [-0.2, -0.15) is 0 Å². The number of nitrogens with one attached hydrogen (secondary N) is 1. The van der Waals surface area contributed by atoms with Crippen molar-refractivity contribution in [2.24, 2.45) is 5.41 Å². The highest BCUT2D eigenvalue weighted by atomic mass is 16.6. The molecule has 1 amide bonds. The summed E-state index contributed by atoms with van der Waals surface area (Å²) in [4.78, 5) is 24.4. The summed E-state index contributed by atoms with van der Waals surface area (Å²) in [5.74, 6) is 0.123. The van der Waals surface area contributed by atoms with Crippen molar-refractivity contribution < 1.29 is 24.2 Å². The fraction of sp³-hybridized carbons (Fsp3) is 0.333. The first-order valence-corrected chi connectivity index (χ1v) is 9.01. The third-order valence-electron chi connectivity index (χ3n) is 5.21. The molecule has 0 fully saturated rings. The minimum atomic E-state index is -0.968. The summed E-state index contributed by atoms with van der Waals surface area (Å²) in [5.41, 5.74) is 1.13. The Bertz CT molecular complexity index is 853. The summed E-state index contributed by atoms with van der Waals surface area (Å²) < 4.78 is 11.5. The lowest BCUT2D eigenvalue weighted by atomic mass is 9.80. The van der Waals surface area contributed by atoms with Crippen LogP contribution in [-0.2, 0) is 22.4 Å². The number of carbonyl (C=O) groups excluding carboxylic acids is 1. The summed E-state index contributed by atoms with van der Waals surface area (Å²) >= 11 is 0. The lowest BCUT2D eigenvalue weighted by molar-refractivity contribution is -0.145. The molecule has 0 saturated carbocycles. The lowest BCUT2D eigenvalue weighted by Crippen LogP contribution is -2.48. The molecule has 27 heavy (non-hydrogen) atoms. The Morgan fingerprint density at radius 3 is 2.33 bits per heavy atom. The first kappa shape index (κ1) is 17.4. The lowest BCUT2D eigenvalue weighted by Gasteiger charge is -2.29. The van der Waals surface area contributed by atoms with Crippen LogP contribution in [0.25, 0.3) is 0 Å². The van der Waals surface area contributed by atoms with E-state index >= 15 is 0 Å². The highest BCUT2D eigenvalue weighted by Crippen LogP contribution is 2.40. The van der Waals surface area contributed by atoms with Gasteiger partial charge in [-0.05, 0) is 36.1 Å². The number of carboxylic acids is 1. The van der Waals surface area contributed by atoms with Crippen molar-refractivity contribution in [3.05, 3.63) is 59.7 Å². The summed E-state index contributed by atoms with van der Waals surface area (Å²) in [7, 11) is 0. The first-order valence-electron chi connectivity index (χ1n) is 9.01. The van der Waals surface area contributed by atoms with Crippen LogP contribution in [0.2, 0.25) is 0 Å². The third kappa shape index (κ3) is 3.47. The SMILES string of the molecule is O=C(O)CC1(C(=O)NCC2COc3ccccc3O2)Cc2ccccc2C1. The van der Waals surface area contributed by atoms with Crippen LogP contribution in [0.1, 0.15) is 17.5 Å². The maximum atomic E-state index is 13.0. The minimum absolute atomic E-state index is 0.196. The van der Waals surface area contributed by atoms with E-state index in [1.54, 1.807) is 0 Å². The smallest absolute Gasteiger partial charge is 0.304 e. The van der Waals surface area contributed by atoms with Crippen molar-refractivity contribution >= 4 is 11.9 Å². The highest BCUT2D eigenvalue weighted by Gasteiger charge is 2.45. The molecule has 1 unspecified atom stereocenters. The topological polar surface area (TPSA) is 84.9 Å². The number of hydrogen-bond acceptors (Lipinski definition) is 4. The van der Waals surface area contributed by atoms with Gasteiger partial charge in [0.15, 0.2) is 11.5 Å². The predicted molar refractivity (Wildman–Crippen MR) is 97.9 cm³/mol. The standard InChI is InChI=1S/C21H21NO5/c23-19(24)11-21(9-14-5-1-2-6-15(14)10-21)20(25)22-12-16-13-26-17-7-3-4-8-18(17)27-16/h1-8,16H,9-13H2,(H,22,25)(H,23,24). The van der Waals surface area contributed by atoms with Crippen molar-refractivity contribution in [2.75, 3.05) is 13.2 Å². The molecule has 0 bridgehead atoms. The third-order valence-corrected chi connectivity index (χ3v) is 5.21. The van der Waals surface area contributed by atoms with Crippen LogP contribution in [0.5, 0.6) is 11.5 Å². The molecule has 1 heterocycles. The van der Waals surface area contributed by atoms with E-state index in [1.165, 1.54) is 0 Å². The van der Waals surface area contributed by atoms with Crippen LogP contribution in [0, 0.1) is 5.41 Å². The van der Waals surface area contributed by atoms with Gasteiger partial charge in [0.1, 0.15) is 12.7 Å². The first-order chi connectivity index (χ1) is 13.1. The normalized spacial score (nSPS) is 19.2. The number of carboxylic acid groups (broad SMARTS) is 1. The molecule has 2 N–H and O–H groups in total. The van der Waals surface area contributed by atoms with E-state index < -0.39 is 11.4 Å². The molecular formula is C21H21NO5. The van der Waals surface area contributed by atoms with Crippen LogP contribution in [0.3, 0.4) is 0 Å². The van der Waals surface area contributed by atoms with E-state index in [4.69, 9.17) is 9.47 Å². The molecule has 0 radical (unpaired) electrons. The maximum Gasteiger partial charge on any atom is 0.304 e. The number of ether oxygens (including phenoxy) is 2. The van der Waals surface area contributed by atoms with Crippen molar-refractivity contribution in [1.29, 1.82) is 0 Å². The van der Waals surface area contributed by atoms with Crippen molar-refractivity contribution in [3.8, 4) is 11.5 Å². The fourth-order valence-electron chi connectivity index (χ4n) is 3.91. The van der Waals surface area contributed by atoms with E-state index in [0.717, 1.165) is 11.1 Å². The molecule has 2 aromatic rings. The van der Waals surface area contributed by atoms with Crippen LogP contribution in [-0.4, -0.2) is 36.2 Å². The molecule has 6 nitrogen and oxygen atoms in total. The van der Waals surface area contributed by atoms with E-state index in [9.17, 15) is 14.7 Å². The number of amides is 1. The Morgan fingerprint density at radius 1 is 1.04 bits per heavy atom. The Kier molecular flexibility index (Phi) is 4.48. The second-order valence-electron chi connectivity index (χ2n) is 7.18. The Hall–Kier alpha value is -3.02. The number of fused-ring (bicyclic) bond motifs is 2. The van der Waals surface area contributed by atoms with Crippen LogP contribution >= 0.6 is 0 Å². The highest BCUT2D eigenvalue weighted by molar-refractivity contribution is 5.88. The largest absolute Gasteiger partial charge is 0.486 e. The molecule has 1 aliphatic carbocycles. The predicted octanol–water partition coefficient (Wildman–Crippen LogP) is 2.20. The maximum absolute atomic E-state index is 13.0. The van der Waals surface area contributed by atoms with Gasteiger partial charge in [0.05, 0.1) is 18.4 Å². The quantitative estimate of drug-likeness (QED) is 0.846. The number of para-hydroxylation sites is 2. The van der Waals surface area contributed by atoms with E-state index in [1.807, 2.05) is 48.5 Å².